The van der Waals surface area contributed by atoms with Crippen molar-refractivity contribution in [2.45, 2.75) is 52.5 Å². The predicted octanol–water partition coefficient (Wildman–Crippen LogP) is 2.02. The Morgan fingerprint density at radius 2 is 2.06 bits per heavy atom. The molecule has 1 N–H and O–H groups in total. The second-order valence-corrected chi connectivity index (χ2v) is 4.94. The number of amides is 1. The average Bonchev–Trinajstić information content (AvgIpc) is 2.66. The number of rotatable bonds is 7. The lowest BCUT2D eigenvalue weighted by atomic mass is 10.0. The predicted molar refractivity (Wildman–Crippen MR) is 67.4 cm³/mol. The van der Waals surface area contributed by atoms with Crippen LogP contribution in [0.3, 0.4) is 0 Å². The normalized spacial score (nSPS) is 18.5. The Labute approximate surface area is 99.6 Å². The molecule has 1 saturated heterocycles. The van der Waals surface area contributed by atoms with Crippen LogP contribution in [0.2, 0.25) is 0 Å². The maximum Gasteiger partial charge on any atom is 0.222 e. The molecule has 0 spiro atoms. The highest BCUT2D eigenvalue weighted by Crippen LogP contribution is 2.10. The Bertz CT molecular complexity index is 214. The molecular weight excluding hydrogens is 200 g/mol. The Hall–Kier alpha value is -0.570. The summed E-state index contributed by atoms with van der Waals surface area (Å²) in [6.45, 7) is 9.56. The summed E-state index contributed by atoms with van der Waals surface area (Å²) in [5.74, 6) is 1.10. The Kier molecular flexibility index (Phi) is 5.81. The molecule has 1 heterocycles. The maximum absolute atomic E-state index is 11.5. The molecule has 94 valence electrons. The van der Waals surface area contributed by atoms with Crippen LogP contribution in [-0.2, 0) is 4.79 Å². The molecule has 16 heavy (non-hydrogen) atoms. The Balaban J connectivity index is 2.19. The molecule has 0 bridgehead atoms. The highest BCUT2D eigenvalue weighted by Gasteiger charge is 2.21. The summed E-state index contributed by atoms with van der Waals surface area (Å²) >= 11 is 0. The van der Waals surface area contributed by atoms with Crippen LogP contribution < -0.4 is 5.32 Å². The highest BCUT2D eigenvalue weighted by atomic mass is 16.2. The molecule has 1 amide bonds. The smallest absolute Gasteiger partial charge is 0.222 e. The van der Waals surface area contributed by atoms with E-state index in [1.54, 1.807) is 0 Å². The van der Waals surface area contributed by atoms with E-state index in [1.807, 2.05) is 4.90 Å². The van der Waals surface area contributed by atoms with Crippen molar-refractivity contribution in [1.82, 2.24) is 10.2 Å². The summed E-state index contributed by atoms with van der Waals surface area (Å²) in [4.78, 5) is 13.4. The van der Waals surface area contributed by atoms with Crippen LogP contribution in [-0.4, -0.2) is 36.5 Å². The van der Waals surface area contributed by atoms with Gasteiger partial charge in [0.25, 0.3) is 0 Å². The third-order valence-electron chi connectivity index (χ3n) is 3.58. The molecule has 0 aliphatic carbocycles. The molecule has 3 nitrogen and oxygen atoms in total. The summed E-state index contributed by atoms with van der Waals surface area (Å²) in [6.07, 6.45) is 4.26. The van der Waals surface area contributed by atoms with Crippen molar-refractivity contribution in [2.24, 2.45) is 5.92 Å². The van der Waals surface area contributed by atoms with Crippen LogP contribution in [0.25, 0.3) is 0 Å². The lowest BCUT2D eigenvalue weighted by Crippen LogP contribution is -2.41. The molecule has 1 atom stereocenters. The summed E-state index contributed by atoms with van der Waals surface area (Å²) < 4.78 is 0. The zero-order valence-corrected chi connectivity index (χ0v) is 11.0. The molecule has 0 aromatic rings. The Morgan fingerprint density at radius 1 is 1.38 bits per heavy atom. The molecule has 1 aliphatic rings. The fourth-order valence-corrected chi connectivity index (χ4v) is 2.24. The Morgan fingerprint density at radius 3 is 2.56 bits per heavy atom. The van der Waals surface area contributed by atoms with E-state index < -0.39 is 0 Å². The summed E-state index contributed by atoms with van der Waals surface area (Å²) in [6, 6.07) is 0.419. The van der Waals surface area contributed by atoms with Crippen molar-refractivity contribution in [2.75, 3.05) is 19.6 Å². The van der Waals surface area contributed by atoms with Crippen LogP contribution in [0.5, 0.6) is 0 Å². The first-order valence-electron chi connectivity index (χ1n) is 6.68. The number of nitrogens with one attached hydrogen (secondary N) is 1. The van der Waals surface area contributed by atoms with E-state index in [1.165, 1.54) is 12.8 Å². The topological polar surface area (TPSA) is 32.3 Å². The molecule has 0 radical (unpaired) electrons. The van der Waals surface area contributed by atoms with Gasteiger partial charge in [0.2, 0.25) is 5.91 Å². The first-order chi connectivity index (χ1) is 7.67. The van der Waals surface area contributed by atoms with Gasteiger partial charge in [0, 0.05) is 25.6 Å². The first kappa shape index (κ1) is 13.5. The van der Waals surface area contributed by atoms with Crippen LogP contribution in [0.4, 0.5) is 0 Å². The number of carbonyl (C=O) groups is 1. The second kappa shape index (κ2) is 6.89. The van der Waals surface area contributed by atoms with Crippen LogP contribution >= 0.6 is 0 Å². The van der Waals surface area contributed by atoms with E-state index >= 15 is 0 Å². The first-order valence-corrected chi connectivity index (χ1v) is 6.68. The molecule has 1 unspecified atom stereocenters. The largest absolute Gasteiger partial charge is 0.341 e. The van der Waals surface area contributed by atoms with Crippen molar-refractivity contribution >= 4 is 5.91 Å². The van der Waals surface area contributed by atoms with E-state index in [0.717, 1.165) is 38.4 Å². The molecular formula is C13H26N2O. The van der Waals surface area contributed by atoms with Crippen molar-refractivity contribution in [3.8, 4) is 0 Å². The minimum atomic E-state index is 0.330. The van der Waals surface area contributed by atoms with Gasteiger partial charge in [0.15, 0.2) is 0 Å². The monoisotopic (exact) mass is 226 g/mol. The standard InChI is InChI=1S/C13H26N2O/c1-4-12(5-2)9-14-11(3)10-15-8-6-7-13(15)16/h11-12,14H,4-10H2,1-3H3. The molecule has 0 aromatic heterocycles. The highest BCUT2D eigenvalue weighted by molar-refractivity contribution is 5.78. The van der Waals surface area contributed by atoms with Crippen molar-refractivity contribution < 1.29 is 4.79 Å². The molecule has 1 rings (SSSR count). The van der Waals surface area contributed by atoms with E-state index in [2.05, 4.69) is 26.1 Å². The molecule has 0 saturated carbocycles. The zero-order chi connectivity index (χ0) is 12.0. The molecule has 1 fully saturated rings. The number of nitrogens with zero attached hydrogens (tertiary/aromatic N) is 1. The second-order valence-electron chi connectivity index (χ2n) is 4.94. The number of hydrogen-bond acceptors (Lipinski definition) is 2. The van der Waals surface area contributed by atoms with Crippen LogP contribution in [0, 0.1) is 5.92 Å². The van der Waals surface area contributed by atoms with Gasteiger partial charge in [-0.15, -0.1) is 0 Å². The quantitative estimate of drug-likeness (QED) is 0.720. The third-order valence-corrected chi connectivity index (χ3v) is 3.58. The lowest BCUT2D eigenvalue weighted by Gasteiger charge is -2.23. The SMILES string of the molecule is CCC(CC)CNC(C)CN1CCCC1=O. The van der Waals surface area contributed by atoms with Gasteiger partial charge in [-0.25, -0.2) is 0 Å². The number of carbonyl (C=O) groups excluding carboxylic acids is 1. The number of likely N-dealkylation sites (tertiary alicyclic amines) is 1. The molecule has 0 aromatic carbocycles. The summed E-state index contributed by atoms with van der Waals surface area (Å²) in [5, 5.41) is 3.54. The van der Waals surface area contributed by atoms with Crippen molar-refractivity contribution in [3.63, 3.8) is 0 Å². The van der Waals surface area contributed by atoms with Crippen molar-refractivity contribution in [3.05, 3.63) is 0 Å². The minimum Gasteiger partial charge on any atom is -0.341 e. The van der Waals surface area contributed by atoms with Gasteiger partial charge in [-0.2, -0.15) is 0 Å². The van der Waals surface area contributed by atoms with E-state index in [4.69, 9.17) is 0 Å². The van der Waals surface area contributed by atoms with Gasteiger partial charge in [0.1, 0.15) is 0 Å². The van der Waals surface area contributed by atoms with Gasteiger partial charge in [-0.1, -0.05) is 26.7 Å². The lowest BCUT2D eigenvalue weighted by molar-refractivity contribution is -0.127. The van der Waals surface area contributed by atoms with Gasteiger partial charge >= 0.3 is 0 Å². The summed E-state index contributed by atoms with van der Waals surface area (Å²) in [7, 11) is 0. The van der Waals surface area contributed by atoms with Gasteiger partial charge in [-0.3, -0.25) is 4.79 Å². The maximum atomic E-state index is 11.5. The van der Waals surface area contributed by atoms with E-state index in [0.29, 0.717) is 11.9 Å². The molecule has 1 aliphatic heterocycles. The van der Waals surface area contributed by atoms with Crippen LogP contribution in [0.1, 0.15) is 46.5 Å². The fourth-order valence-electron chi connectivity index (χ4n) is 2.24. The third kappa shape index (κ3) is 4.12. The van der Waals surface area contributed by atoms with Gasteiger partial charge < -0.3 is 10.2 Å². The summed E-state index contributed by atoms with van der Waals surface area (Å²) in [5.41, 5.74) is 0. The average molecular weight is 226 g/mol. The fraction of sp³-hybridized carbons (Fsp3) is 0.923. The van der Waals surface area contributed by atoms with E-state index in [-0.39, 0.29) is 0 Å². The number of hydrogen-bond donors (Lipinski definition) is 1. The molecule has 3 heteroatoms. The minimum absolute atomic E-state index is 0.330. The van der Waals surface area contributed by atoms with Gasteiger partial charge in [0.05, 0.1) is 0 Å². The van der Waals surface area contributed by atoms with Crippen molar-refractivity contribution in [1.29, 1.82) is 0 Å². The van der Waals surface area contributed by atoms with E-state index in [9.17, 15) is 4.79 Å². The van der Waals surface area contributed by atoms with Gasteiger partial charge in [-0.05, 0) is 25.8 Å². The zero-order valence-electron chi connectivity index (χ0n) is 11.0. The van der Waals surface area contributed by atoms with Crippen LogP contribution in [0.15, 0.2) is 0 Å².